The molecule has 0 aromatic carbocycles. The minimum absolute atomic E-state index is 0.156. The summed E-state index contributed by atoms with van der Waals surface area (Å²) in [7, 11) is 1.83. The number of carbonyl (C=O) groups is 1. The van der Waals surface area contributed by atoms with Crippen molar-refractivity contribution in [3.8, 4) is 0 Å². The van der Waals surface area contributed by atoms with Crippen LogP contribution in [0.5, 0.6) is 0 Å². The van der Waals surface area contributed by atoms with Gasteiger partial charge in [-0.2, -0.15) is 0 Å². The fourth-order valence-corrected chi connectivity index (χ4v) is 2.49. The number of nitrogens with two attached hydrogens (primary N) is 1. The molecule has 1 aromatic rings. The highest BCUT2D eigenvalue weighted by Gasteiger charge is 2.36. The molecule has 1 fully saturated rings. The highest BCUT2D eigenvalue weighted by Crippen LogP contribution is 2.47. The smallest absolute Gasteiger partial charge is 0.222 e. The normalized spacial score (nSPS) is 22.6. The molecule has 0 bridgehead atoms. The van der Waals surface area contributed by atoms with Crippen molar-refractivity contribution in [2.75, 3.05) is 7.05 Å². The number of carbonyl (C=O) groups excluding carboxylic acids is 1. The van der Waals surface area contributed by atoms with Crippen LogP contribution in [0.1, 0.15) is 57.0 Å². The van der Waals surface area contributed by atoms with Crippen LogP contribution in [0.15, 0.2) is 16.5 Å². The van der Waals surface area contributed by atoms with Crippen LogP contribution in [0.3, 0.4) is 0 Å². The molecule has 1 aromatic heterocycles. The summed E-state index contributed by atoms with van der Waals surface area (Å²) in [6.45, 7) is 4.76. The molecule has 1 saturated carbocycles. The highest BCUT2D eigenvalue weighted by atomic mass is 16.3. The molecule has 0 aliphatic heterocycles. The summed E-state index contributed by atoms with van der Waals surface area (Å²) < 4.78 is 5.83. The molecule has 4 nitrogen and oxygen atoms in total. The molecule has 112 valence electrons. The van der Waals surface area contributed by atoms with Crippen molar-refractivity contribution in [1.29, 1.82) is 0 Å². The second kappa shape index (κ2) is 6.44. The van der Waals surface area contributed by atoms with E-state index < -0.39 is 0 Å². The fourth-order valence-electron chi connectivity index (χ4n) is 2.49. The Morgan fingerprint density at radius 3 is 2.85 bits per heavy atom. The Morgan fingerprint density at radius 2 is 2.25 bits per heavy atom. The quantitative estimate of drug-likeness (QED) is 0.834. The van der Waals surface area contributed by atoms with Gasteiger partial charge in [0.15, 0.2) is 0 Å². The van der Waals surface area contributed by atoms with Crippen molar-refractivity contribution in [1.82, 2.24) is 4.90 Å². The second-order valence-electron chi connectivity index (χ2n) is 6.24. The van der Waals surface area contributed by atoms with Gasteiger partial charge in [-0.25, -0.2) is 0 Å². The predicted molar refractivity (Wildman–Crippen MR) is 79.2 cm³/mol. The van der Waals surface area contributed by atoms with E-state index >= 15 is 0 Å². The van der Waals surface area contributed by atoms with Gasteiger partial charge in [-0.1, -0.05) is 6.92 Å². The molecule has 1 aliphatic rings. The first-order valence-corrected chi connectivity index (χ1v) is 7.55. The molecule has 1 amide bonds. The van der Waals surface area contributed by atoms with Gasteiger partial charge in [0.05, 0.1) is 6.54 Å². The lowest BCUT2D eigenvalue weighted by molar-refractivity contribution is -0.130. The van der Waals surface area contributed by atoms with E-state index in [1.54, 1.807) is 4.90 Å². The standard InChI is InChI=1S/C16H26N2O2/c1-11-9-14(11)15-8-7-13(20-15)10-18(3)16(19)6-4-5-12(2)17/h7-8,11-12,14H,4-6,9-10,17H2,1-3H3. The fraction of sp³-hybridized carbons (Fsp3) is 0.688. The van der Waals surface area contributed by atoms with Crippen molar-refractivity contribution < 1.29 is 9.21 Å². The summed E-state index contributed by atoms with van der Waals surface area (Å²) in [4.78, 5) is 13.7. The van der Waals surface area contributed by atoms with Crippen LogP contribution in [0.25, 0.3) is 0 Å². The lowest BCUT2D eigenvalue weighted by Gasteiger charge is -2.16. The molecule has 2 rings (SSSR count). The minimum atomic E-state index is 0.156. The maximum atomic E-state index is 12.0. The summed E-state index contributed by atoms with van der Waals surface area (Å²) in [5.41, 5.74) is 5.69. The van der Waals surface area contributed by atoms with Gasteiger partial charge < -0.3 is 15.1 Å². The van der Waals surface area contributed by atoms with Crippen LogP contribution in [-0.4, -0.2) is 23.9 Å². The van der Waals surface area contributed by atoms with Crippen LogP contribution in [0.4, 0.5) is 0 Å². The van der Waals surface area contributed by atoms with Crippen LogP contribution >= 0.6 is 0 Å². The molecule has 3 unspecified atom stereocenters. The van der Waals surface area contributed by atoms with E-state index in [1.807, 2.05) is 20.0 Å². The van der Waals surface area contributed by atoms with Crippen LogP contribution in [0.2, 0.25) is 0 Å². The third kappa shape index (κ3) is 4.10. The van der Waals surface area contributed by atoms with Crippen molar-refractivity contribution >= 4 is 5.91 Å². The Balaban J connectivity index is 1.77. The van der Waals surface area contributed by atoms with Gasteiger partial charge >= 0.3 is 0 Å². The van der Waals surface area contributed by atoms with Gasteiger partial charge in [0.1, 0.15) is 11.5 Å². The molecule has 4 heteroatoms. The lowest BCUT2D eigenvalue weighted by atomic mass is 10.1. The van der Waals surface area contributed by atoms with Gasteiger partial charge in [0, 0.05) is 25.4 Å². The molecule has 0 radical (unpaired) electrons. The van der Waals surface area contributed by atoms with Gasteiger partial charge in [-0.3, -0.25) is 4.79 Å². The minimum Gasteiger partial charge on any atom is -0.464 e. The van der Waals surface area contributed by atoms with Crippen LogP contribution in [-0.2, 0) is 11.3 Å². The molecule has 1 heterocycles. The summed E-state index contributed by atoms with van der Waals surface area (Å²) >= 11 is 0. The van der Waals surface area contributed by atoms with Crippen molar-refractivity contribution in [2.45, 2.75) is 58.0 Å². The number of furan rings is 1. The first-order valence-electron chi connectivity index (χ1n) is 7.55. The SMILES string of the molecule is CC(N)CCCC(=O)N(C)Cc1ccc(C2CC2C)o1. The van der Waals surface area contributed by atoms with Crippen molar-refractivity contribution in [3.63, 3.8) is 0 Å². The first kappa shape index (κ1) is 15.1. The summed E-state index contributed by atoms with van der Waals surface area (Å²) in [5, 5.41) is 0. The van der Waals surface area contributed by atoms with E-state index in [4.69, 9.17) is 10.2 Å². The summed E-state index contributed by atoms with van der Waals surface area (Å²) in [6, 6.07) is 4.21. The Hall–Kier alpha value is -1.29. The van der Waals surface area contributed by atoms with Gasteiger partial charge in [0.2, 0.25) is 5.91 Å². The van der Waals surface area contributed by atoms with E-state index in [1.165, 1.54) is 6.42 Å². The predicted octanol–water partition coefficient (Wildman–Crippen LogP) is 2.88. The van der Waals surface area contributed by atoms with E-state index in [0.29, 0.717) is 18.9 Å². The molecule has 2 N–H and O–H groups in total. The molecule has 20 heavy (non-hydrogen) atoms. The lowest BCUT2D eigenvalue weighted by Crippen LogP contribution is -2.26. The van der Waals surface area contributed by atoms with E-state index in [-0.39, 0.29) is 11.9 Å². The number of amides is 1. The number of hydrogen-bond acceptors (Lipinski definition) is 3. The van der Waals surface area contributed by atoms with Crippen molar-refractivity contribution in [3.05, 3.63) is 23.7 Å². The summed E-state index contributed by atoms with van der Waals surface area (Å²) in [5.74, 6) is 3.44. The Bertz CT molecular complexity index is 453. The number of rotatable bonds is 7. The maximum absolute atomic E-state index is 12.0. The van der Waals surface area contributed by atoms with Gasteiger partial charge in [0.25, 0.3) is 0 Å². The zero-order valence-corrected chi connectivity index (χ0v) is 12.8. The maximum Gasteiger partial charge on any atom is 0.222 e. The number of hydrogen-bond donors (Lipinski definition) is 1. The summed E-state index contributed by atoms with van der Waals surface area (Å²) in [6.07, 6.45) is 3.53. The zero-order valence-electron chi connectivity index (χ0n) is 12.8. The van der Waals surface area contributed by atoms with E-state index in [2.05, 4.69) is 13.0 Å². The molecular formula is C16H26N2O2. The van der Waals surface area contributed by atoms with E-state index in [9.17, 15) is 4.79 Å². The molecular weight excluding hydrogens is 252 g/mol. The highest BCUT2D eigenvalue weighted by molar-refractivity contribution is 5.75. The topological polar surface area (TPSA) is 59.5 Å². The first-order chi connectivity index (χ1) is 9.47. The number of nitrogens with zero attached hydrogens (tertiary/aromatic N) is 1. The van der Waals surface area contributed by atoms with Gasteiger partial charge in [-0.05, 0) is 44.2 Å². The largest absolute Gasteiger partial charge is 0.464 e. The zero-order chi connectivity index (χ0) is 14.7. The molecule has 0 spiro atoms. The molecule has 1 aliphatic carbocycles. The van der Waals surface area contributed by atoms with Crippen LogP contribution in [0, 0.1) is 5.92 Å². The third-order valence-electron chi connectivity index (χ3n) is 4.03. The molecule has 0 saturated heterocycles. The monoisotopic (exact) mass is 278 g/mol. The third-order valence-corrected chi connectivity index (χ3v) is 4.03. The average Bonchev–Trinajstić information content (AvgIpc) is 2.93. The second-order valence-corrected chi connectivity index (χ2v) is 6.24. The Morgan fingerprint density at radius 1 is 1.55 bits per heavy atom. The average molecular weight is 278 g/mol. The van der Waals surface area contributed by atoms with Crippen molar-refractivity contribution in [2.24, 2.45) is 11.7 Å². The van der Waals surface area contributed by atoms with Gasteiger partial charge in [-0.15, -0.1) is 0 Å². The molecule has 3 atom stereocenters. The van der Waals surface area contributed by atoms with E-state index in [0.717, 1.165) is 30.3 Å². The Labute approximate surface area is 121 Å². The Kier molecular flexibility index (Phi) is 4.86. The van der Waals surface area contributed by atoms with Crippen LogP contribution < -0.4 is 5.73 Å².